The summed E-state index contributed by atoms with van der Waals surface area (Å²) >= 11 is 1.46. The highest BCUT2D eigenvalue weighted by molar-refractivity contribution is 7.17. The van der Waals surface area contributed by atoms with Crippen LogP contribution in [0.2, 0.25) is 0 Å². The number of carbonyl (C=O) groups excluding carboxylic acids is 2. The monoisotopic (exact) mass is 419 g/mol. The predicted molar refractivity (Wildman–Crippen MR) is 121 cm³/mol. The molecule has 5 nitrogen and oxygen atoms in total. The number of likely N-dealkylation sites (N-methyl/N-ethyl adjacent to an activating group) is 1. The molecular weight excluding hydrogens is 394 g/mol. The van der Waals surface area contributed by atoms with E-state index in [0.29, 0.717) is 17.0 Å². The van der Waals surface area contributed by atoms with Crippen LogP contribution >= 0.6 is 11.3 Å². The Morgan fingerprint density at radius 2 is 1.60 bits per heavy atom. The lowest BCUT2D eigenvalue weighted by Crippen LogP contribution is -2.47. The second-order valence-electron chi connectivity index (χ2n) is 7.50. The van der Waals surface area contributed by atoms with E-state index in [1.165, 1.54) is 11.3 Å². The standard InChI is InChI=1S/C24H25N3O2S/c1-26-13-15-27(16-14-26)24(29)20-9-7-19(8-10-20)21-11-12-22(30-21)23(28)25-17-18-5-3-2-4-6-18/h2-12H,13-17H2,1H3,(H,25,28). The lowest BCUT2D eigenvalue weighted by molar-refractivity contribution is 0.0664. The second-order valence-corrected chi connectivity index (χ2v) is 8.59. The van der Waals surface area contributed by atoms with Crippen molar-refractivity contribution in [3.63, 3.8) is 0 Å². The van der Waals surface area contributed by atoms with E-state index in [2.05, 4.69) is 17.3 Å². The number of nitrogens with one attached hydrogen (secondary N) is 1. The molecule has 0 spiro atoms. The molecule has 1 aliphatic rings. The SMILES string of the molecule is CN1CCN(C(=O)c2ccc(-c3ccc(C(=O)NCc4ccccc4)s3)cc2)CC1. The van der Waals surface area contributed by atoms with Gasteiger partial charge in [-0.05, 0) is 42.4 Å². The van der Waals surface area contributed by atoms with Crippen LogP contribution in [0.5, 0.6) is 0 Å². The van der Waals surface area contributed by atoms with Gasteiger partial charge in [0.05, 0.1) is 4.88 Å². The van der Waals surface area contributed by atoms with Gasteiger partial charge in [0.25, 0.3) is 11.8 Å². The van der Waals surface area contributed by atoms with Crippen molar-refractivity contribution >= 4 is 23.2 Å². The topological polar surface area (TPSA) is 52.7 Å². The van der Waals surface area contributed by atoms with Gasteiger partial charge in [0.2, 0.25) is 0 Å². The summed E-state index contributed by atoms with van der Waals surface area (Å²) in [6.45, 7) is 3.87. The molecule has 2 amide bonds. The molecule has 154 valence electrons. The van der Waals surface area contributed by atoms with Crippen LogP contribution in [0.25, 0.3) is 10.4 Å². The Balaban J connectivity index is 1.38. The molecule has 0 unspecified atom stereocenters. The normalized spacial score (nSPS) is 14.5. The second kappa shape index (κ2) is 9.24. The van der Waals surface area contributed by atoms with E-state index in [9.17, 15) is 9.59 Å². The fourth-order valence-corrected chi connectivity index (χ4v) is 4.38. The number of thiophene rings is 1. The third kappa shape index (κ3) is 4.78. The minimum absolute atomic E-state index is 0.0723. The molecular formula is C24H25N3O2S. The maximum Gasteiger partial charge on any atom is 0.261 e. The lowest BCUT2D eigenvalue weighted by atomic mass is 10.1. The van der Waals surface area contributed by atoms with Gasteiger partial charge in [0, 0.05) is 43.2 Å². The minimum atomic E-state index is -0.0723. The first-order valence-electron chi connectivity index (χ1n) is 10.1. The maximum atomic E-state index is 12.7. The summed E-state index contributed by atoms with van der Waals surface area (Å²) in [6, 6.07) is 21.4. The molecule has 0 aliphatic carbocycles. The number of piperazine rings is 1. The average Bonchev–Trinajstić information content (AvgIpc) is 3.29. The molecule has 1 aromatic heterocycles. The number of benzene rings is 2. The summed E-state index contributed by atoms with van der Waals surface area (Å²) in [7, 11) is 2.08. The molecule has 1 saturated heterocycles. The largest absolute Gasteiger partial charge is 0.347 e. The highest BCUT2D eigenvalue weighted by Crippen LogP contribution is 2.28. The quantitative estimate of drug-likeness (QED) is 0.686. The van der Waals surface area contributed by atoms with Gasteiger partial charge in [-0.1, -0.05) is 42.5 Å². The van der Waals surface area contributed by atoms with Gasteiger partial charge in [-0.3, -0.25) is 9.59 Å². The number of amides is 2. The Morgan fingerprint density at radius 1 is 0.900 bits per heavy atom. The van der Waals surface area contributed by atoms with Crippen LogP contribution in [0.3, 0.4) is 0 Å². The molecule has 0 radical (unpaired) electrons. The van der Waals surface area contributed by atoms with Crippen LogP contribution in [-0.2, 0) is 6.54 Å². The van der Waals surface area contributed by atoms with E-state index in [0.717, 1.165) is 42.2 Å². The predicted octanol–water partition coefficient (Wildman–Crippen LogP) is 3.73. The molecule has 1 fully saturated rings. The number of hydrogen-bond acceptors (Lipinski definition) is 4. The number of nitrogens with zero attached hydrogens (tertiary/aromatic N) is 2. The summed E-state index contributed by atoms with van der Waals surface area (Å²) in [5, 5.41) is 2.96. The van der Waals surface area contributed by atoms with Crippen LogP contribution < -0.4 is 5.32 Å². The summed E-state index contributed by atoms with van der Waals surface area (Å²) in [6.07, 6.45) is 0. The molecule has 0 saturated carbocycles. The summed E-state index contributed by atoms with van der Waals surface area (Å²) in [5.74, 6) is 0.0128. The molecule has 30 heavy (non-hydrogen) atoms. The lowest BCUT2D eigenvalue weighted by Gasteiger charge is -2.32. The number of rotatable bonds is 5. The van der Waals surface area contributed by atoms with E-state index in [1.807, 2.05) is 71.6 Å². The third-order valence-electron chi connectivity index (χ3n) is 5.33. The van der Waals surface area contributed by atoms with E-state index in [4.69, 9.17) is 0 Å². The Hall–Kier alpha value is -2.96. The van der Waals surface area contributed by atoms with E-state index in [-0.39, 0.29) is 11.8 Å². The van der Waals surface area contributed by atoms with Crippen molar-refractivity contribution in [2.45, 2.75) is 6.54 Å². The van der Waals surface area contributed by atoms with Gasteiger partial charge in [-0.25, -0.2) is 0 Å². The first-order valence-corrected chi connectivity index (χ1v) is 10.9. The van der Waals surface area contributed by atoms with Crippen molar-refractivity contribution in [1.82, 2.24) is 15.1 Å². The molecule has 2 aromatic carbocycles. The van der Waals surface area contributed by atoms with Crippen LogP contribution in [0.4, 0.5) is 0 Å². The van der Waals surface area contributed by atoms with Gasteiger partial charge < -0.3 is 15.1 Å². The van der Waals surface area contributed by atoms with Crippen molar-refractivity contribution in [2.24, 2.45) is 0 Å². The van der Waals surface area contributed by atoms with Gasteiger partial charge in [-0.2, -0.15) is 0 Å². The molecule has 2 heterocycles. The van der Waals surface area contributed by atoms with E-state index >= 15 is 0 Å². The zero-order chi connectivity index (χ0) is 20.9. The molecule has 3 aromatic rings. The fraction of sp³-hybridized carbons (Fsp3) is 0.250. The highest BCUT2D eigenvalue weighted by Gasteiger charge is 2.20. The first kappa shape index (κ1) is 20.3. The number of carbonyl (C=O) groups is 2. The van der Waals surface area contributed by atoms with Crippen molar-refractivity contribution in [3.8, 4) is 10.4 Å². The van der Waals surface area contributed by atoms with Crippen LogP contribution in [0, 0.1) is 0 Å². The van der Waals surface area contributed by atoms with Gasteiger partial charge >= 0.3 is 0 Å². The highest BCUT2D eigenvalue weighted by atomic mass is 32.1. The average molecular weight is 420 g/mol. The molecule has 6 heteroatoms. The summed E-state index contributed by atoms with van der Waals surface area (Å²) in [4.78, 5) is 31.0. The Labute approximate surface area is 180 Å². The molecule has 4 rings (SSSR count). The third-order valence-corrected chi connectivity index (χ3v) is 6.47. The molecule has 1 N–H and O–H groups in total. The van der Waals surface area contributed by atoms with Gasteiger partial charge in [0.15, 0.2) is 0 Å². The zero-order valence-electron chi connectivity index (χ0n) is 17.0. The molecule has 0 bridgehead atoms. The smallest absolute Gasteiger partial charge is 0.261 e. The molecule has 1 aliphatic heterocycles. The van der Waals surface area contributed by atoms with Crippen LogP contribution in [0.15, 0.2) is 66.7 Å². The Morgan fingerprint density at radius 3 is 2.30 bits per heavy atom. The Kier molecular flexibility index (Phi) is 6.26. The van der Waals surface area contributed by atoms with Crippen molar-refractivity contribution in [1.29, 1.82) is 0 Å². The number of hydrogen-bond donors (Lipinski definition) is 1. The fourth-order valence-electron chi connectivity index (χ4n) is 3.45. The maximum absolute atomic E-state index is 12.7. The Bertz CT molecular complexity index is 1010. The minimum Gasteiger partial charge on any atom is -0.347 e. The van der Waals surface area contributed by atoms with Gasteiger partial charge in [-0.15, -0.1) is 11.3 Å². The zero-order valence-corrected chi connectivity index (χ0v) is 17.8. The van der Waals surface area contributed by atoms with Crippen molar-refractivity contribution in [2.75, 3.05) is 33.2 Å². The van der Waals surface area contributed by atoms with E-state index in [1.54, 1.807) is 0 Å². The summed E-state index contributed by atoms with van der Waals surface area (Å²) in [5.41, 5.74) is 2.79. The van der Waals surface area contributed by atoms with Crippen molar-refractivity contribution < 1.29 is 9.59 Å². The van der Waals surface area contributed by atoms with E-state index < -0.39 is 0 Å². The summed E-state index contributed by atoms with van der Waals surface area (Å²) < 4.78 is 0. The van der Waals surface area contributed by atoms with Crippen LogP contribution in [0.1, 0.15) is 25.6 Å². The molecule has 0 atom stereocenters. The van der Waals surface area contributed by atoms with Crippen molar-refractivity contribution in [3.05, 3.63) is 82.7 Å². The van der Waals surface area contributed by atoms with Gasteiger partial charge in [0.1, 0.15) is 0 Å². The first-order chi connectivity index (χ1) is 14.6. The van der Waals surface area contributed by atoms with Crippen LogP contribution in [-0.4, -0.2) is 54.8 Å².